The van der Waals surface area contributed by atoms with Crippen LogP contribution in [0.3, 0.4) is 0 Å². The topological polar surface area (TPSA) is 45.2 Å². The molecule has 0 fully saturated rings. The Morgan fingerprint density at radius 2 is 1.81 bits per heavy atom. The third kappa shape index (κ3) is 4.43. The molecule has 0 bridgehead atoms. The first-order valence-corrected chi connectivity index (χ1v) is 13.2. The number of anilines is 1. The van der Waals surface area contributed by atoms with Gasteiger partial charge in [0.15, 0.2) is 0 Å². The number of thiophene rings is 1. The summed E-state index contributed by atoms with van der Waals surface area (Å²) in [5.74, 6) is -2.21. The lowest BCUT2D eigenvalue weighted by Gasteiger charge is -2.27. The van der Waals surface area contributed by atoms with Gasteiger partial charge in [-0.3, -0.25) is 9.69 Å². The second-order valence-electron chi connectivity index (χ2n) is 8.72. The molecule has 0 saturated heterocycles. The highest BCUT2D eigenvalue weighted by Gasteiger charge is 2.28. The van der Waals surface area contributed by atoms with Crippen molar-refractivity contribution in [1.82, 2.24) is 9.88 Å². The van der Waals surface area contributed by atoms with Crippen LogP contribution in [-0.2, 0) is 19.5 Å². The number of hydrogen-bond donors (Lipinski definition) is 1. The summed E-state index contributed by atoms with van der Waals surface area (Å²) in [5, 5.41) is 4.40. The summed E-state index contributed by atoms with van der Waals surface area (Å²) < 4.78 is 28.8. The first-order valence-electron chi connectivity index (χ1n) is 11.6. The number of carbonyl (C=O) groups excluding carboxylic acids is 1. The van der Waals surface area contributed by atoms with Crippen molar-refractivity contribution in [2.24, 2.45) is 0 Å². The molecule has 0 spiro atoms. The molecule has 0 atom stereocenters. The minimum Gasteiger partial charge on any atom is -0.313 e. The quantitative estimate of drug-likeness (QED) is 0.270. The van der Waals surface area contributed by atoms with Crippen LogP contribution in [0.15, 0.2) is 72.8 Å². The number of amides is 1. The Morgan fingerprint density at radius 3 is 2.61 bits per heavy atom. The van der Waals surface area contributed by atoms with Gasteiger partial charge < -0.3 is 5.32 Å². The van der Waals surface area contributed by atoms with Crippen LogP contribution in [0.25, 0.3) is 20.8 Å². The van der Waals surface area contributed by atoms with Gasteiger partial charge in [-0.25, -0.2) is 13.8 Å². The van der Waals surface area contributed by atoms with Crippen LogP contribution < -0.4 is 5.32 Å². The summed E-state index contributed by atoms with van der Waals surface area (Å²) in [7, 11) is 0. The highest BCUT2D eigenvalue weighted by atomic mass is 32.1. The Morgan fingerprint density at radius 1 is 1.00 bits per heavy atom. The molecular weight excluding hydrogens is 496 g/mol. The van der Waals surface area contributed by atoms with Crippen LogP contribution in [-0.4, -0.2) is 22.3 Å². The Hall–Kier alpha value is -3.46. The fourth-order valence-corrected chi connectivity index (χ4v) is 6.97. The zero-order chi connectivity index (χ0) is 24.6. The van der Waals surface area contributed by atoms with Gasteiger partial charge >= 0.3 is 0 Å². The van der Waals surface area contributed by atoms with Crippen molar-refractivity contribution < 1.29 is 13.6 Å². The van der Waals surface area contributed by atoms with E-state index in [0.717, 1.165) is 59.0 Å². The van der Waals surface area contributed by atoms with Crippen molar-refractivity contribution in [3.05, 3.63) is 106 Å². The second-order valence-corrected chi connectivity index (χ2v) is 10.9. The Balaban J connectivity index is 1.38. The molecular formula is C28H21F2N3OS2. The maximum absolute atomic E-state index is 14.3. The highest BCUT2D eigenvalue weighted by Crippen LogP contribution is 2.46. The fraction of sp³-hybridized carbons (Fsp3) is 0.143. The Bertz CT molecular complexity index is 1550. The summed E-state index contributed by atoms with van der Waals surface area (Å²) in [6, 6.07) is 21.3. The number of carbonyl (C=O) groups is 1. The van der Waals surface area contributed by atoms with Crippen LogP contribution in [0.5, 0.6) is 0 Å². The third-order valence-electron chi connectivity index (χ3n) is 6.30. The fourth-order valence-electron chi connectivity index (χ4n) is 4.57. The van der Waals surface area contributed by atoms with Crippen molar-refractivity contribution in [1.29, 1.82) is 0 Å². The van der Waals surface area contributed by atoms with Crippen LogP contribution >= 0.6 is 22.7 Å². The van der Waals surface area contributed by atoms with E-state index in [4.69, 9.17) is 4.98 Å². The molecule has 5 aromatic rings. The van der Waals surface area contributed by atoms with Crippen molar-refractivity contribution >= 4 is 43.8 Å². The second kappa shape index (κ2) is 9.54. The minimum absolute atomic E-state index is 0.191. The molecule has 1 amide bonds. The number of benzene rings is 3. The van der Waals surface area contributed by atoms with E-state index in [1.54, 1.807) is 11.3 Å². The van der Waals surface area contributed by atoms with Gasteiger partial charge in [-0.15, -0.1) is 22.7 Å². The van der Waals surface area contributed by atoms with E-state index in [1.165, 1.54) is 33.4 Å². The molecule has 36 heavy (non-hydrogen) atoms. The van der Waals surface area contributed by atoms with Gasteiger partial charge in [0.1, 0.15) is 21.6 Å². The summed E-state index contributed by atoms with van der Waals surface area (Å²) >= 11 is 3.09. The predicted octanol–water partition coefficient (Wildman–Crippen LogP) is 7.11. The average Bonchev–Trinajstić information content (AvgIpc) is 3.44. The monoisotopic (exact) mass is 517 g/mol. The molecule has 0 unspecified atom stereocenters. The Labute approximate surface area is 214 Å². The number of fused-ring (bicyclic) bond motifs is 2. The molecule has 3 aromatic carbocycles. The summed E-state index contributed by atoms with van der Waals surface area (Å²) in [4.78, 5) is 21.4. The lowest BCUT2D eigenvalue weighted by molar-refractivity contribution is 0.102. The number of nitrogens with one attached hydrogen (secondary N) is 1. The molecule has 1 N–H and O–H groups in total. The number of halogens is 2. The minimum atomic E-state index is -0.885. The zero-order valence-electron chi connectivity index (χ0n) is 19.1. The van der Waals surface area contributed by atoms with Gasteiger partial charge in [0.25, 0.3) is 5.91 Å². The van der Waals surface area contributed by atoms with E-state index >= 15 is 0 Å². The van der Waals surface area contributed by atoms with Crippen LogP contribution in [0.1, 0.15) is 26.4 Å². The molecule has 0 saturated carbocycles. The SMILES string of the molecule is O=C(Nc1sc2c(c1-c1nc3ccccc3s1)CCN(Cc1ccccc1)C2)c1ccc(F)cc1F. The summed E-state index contributed by atoms with van der Waals surface area (Å²) in [6.45, 7) is 2.49. The molecule has 6 rings (SSSR count). The number of para-hydroxylation sites is 1. The molecule has 0 radical (unpaired) electrons. The number of thiazole rings is 1. The molecule has 2 aromatic heterocycles. The van der Waals surface area contributed by atoms with Gasteiger partial charge in [0.05, 0.1) is 15.8 Å². The van der Waals surface area contributed by atoms with Crippen LogP contribution in [0.4, 0.5) is 13.8 Å². The van der Waals surface area contributed by atoms with Gasteiger partial charge in [-0.05, 0) is 41.8 Å². The van der Waals surface area contributed by atoms with E-state index in [2.05, 4.69) is 22.3 Å². The van der Waals surface area contributed by atoms with Crippen molar-refractivity contribution in [3.63, 3.8) is 0 Å². The lowest BCUT2D eigenvalue weighted by Crippen LogP contribution is -2.29. The first kappa shape index (κ1) is 23.0. The van der Waals surface area contributed by atoms with Crippen LogP contribution in [0, 0.1) is 11.6 Å². The highest BCUT2D eigenvalue weighted by molar-refractivity contribution is 7.23. The molecule has 1 aliphatic rings. The average molecular weight is 518 g/mol. The van der Waals surface area contributed by atoms with Gasteiger partial charge in [0.2, 0.25) is 0 Å². The number of hydrogen-bond acceptors (Lipinski definition) is 5. The number of rotatable bonds is 5. The molecule has 1 aliphatic heterocycles. The van der Waals surface area contributed by atoms with E-state index < -0.39 is 17.5 Å². The number of aromatic nitrogens is 1. The Kier molecular flexibility index (Phi) is 6.08. The number of nitrogens with zero attached hydrogens (tertiary/aromatic N) is 2. The third-order valence-corrected chi connectivity index (χ3v) is 8.48. The normalized spacial score (nSPS) is 13.6. The largest absolute Gasteiger partial charge is 0.313 e. The summed E-state index contributed by atoms with van der Waals surface area (Å²) in [5.41, 5.74) is 4.05. The van der Waals surface area contributed by atoms with Crippen molar-refractivity contribution in [2.45, 2.75) is 19.5 Å². The van der Waals surface area contributed by atoms with E-state index in [-0.39, 0.29) is 5.56 Å². The van der Waals surface area contributed by atoms with E-state index in [9.17, 15) is 13.6 Å². The van der Waals surface area contributed by atoms with Crippen LogP contribution in [0.2, 0.25) is 0 Å². The van der Waals surface area contributed by atoms with Gasteiger partial charge in [-0.2, -0.15) is 0 Å². The molecule has 8 heteroatoms. The smallest absolute Gasteiger partial charge is 0.259 e. The predicted molar refractivity (Wildman–Crippen MR) is 142 cm³/mol. The summed E-state index contributed by atoms with van der Waals surface area (Å²) in [6.07, 6.45) is 0.824. The van der Waals surface area contributed by atoms with Crippen molar-refractivity contribution in [3.8, 4) is 10.6 Å². The molecule has 0 aliphatic carbocycles. The zero-order valence-corrected chi connectivity index (χ0v) is 20.8. The molecule has 180 valence electrons. The maximum Gasteiger partial charge on any atom is 0.259 e. The van der Waals surface area contributed by atoms with E-state index in [0.29, 0.717) is 5.00 Å². The molecule has 3 heterocycles. The maximum atomic E-state index is 14.3. The van der Waals surface area contributed by atoms with Gasteiger partial charge in [-0.1, -0.05) is 42.5 Å². The van der Waals surface area contributed by atoms with Gasteiger partial charge in [0, 0.05) is 36.1 Å². The molecule has 4 nitrogen and oxygen atoms in total. The lowest BCUT2D eigenvalue weighted by atomic mass is 10.0. The first-order chi connectivity index (χ1) is 17.5. The van der Waals surface area contributed by atoms with E-state index in [1.807, 2.05) is 42.5 Å². The standard InChI is InChI=1S/C28H21F2N3OS2/c29-18-10-11-19(21(30)14-18)26(34)32-28-25(27-31-22-8-4-5-9-23(22)35-27)20-12-13-33(16-24(20)36-28)15-17-6-2-1-3-7-17/h1-11,14H,12-13,15-16H2,(H,32,34). The van der Waals surface area contributed by atoms with Crippen molar-refractivity contribution in [2.75, 3.05) is 11.9 Å².